The fraction of sp³-hybridized carbons (Fsp3) is 0.0833. The van der Waals surface area contributed by atoms with E-state index in [0.717, 1.165) is 16.7 Å². The fourth-order valence-corrected chi connectivity index (χ4v) is 1.30. The van der Waals surface area contributed by atoms with E-state index in [2.05, 4.69) is 11.6 Å². The first-order valence-corrected chi connectivity index (χ1v) is 4.48. The molecule has 2 nitrogen and oxygen atoms in total. The van der Waals surface area contributed by atoms with Gasteiger partial charge in [-0.15, -0.1) is 0 Å². The molecule has 1 heterocycles. The summed E-state index contributed by atoms with van der Waals surface area (Å²) in [6.07, 6.45) is 3.51. The first kappa shape index (κ1) is 8.75. The van der Waals surface area contributed by atoms with Gasteiger partial charge in [-0.2, -0.15) is 0 Å². The molecule has 1 aromatic heterocycles. The number of hydrogen-bond donors (Lipinski definition) is 0. The number of nitrogens with zero attached hydrogens (tertiary/aromatic N) is 1. The lowest BCUT2D eigenvalue weighted by atomic mass is 10.2. The zero-order chi connectivity index (χ0) is 9.80. The molecule has 0 aliphatic rings. The third-order valence-electron chi connectivity index (χ3n) is 1.94. The summed E-state index contributed by atoms with van der Waals surface area (Å²) in [5.74, 6) is 0.852. The summed E-state index contributed by atoms with van der Waals surface area (Å²) >= 11 is 0. The molecule has 0 bridgehead atoms. The number of benzene rings is 1. The Hall–Kier alpha value is -1.83. The summed E-state index contributed by atoms with van der Waals surface area (Å²) in [4.78, 5) is 4.23. The normalized spacial score (nSPS) is 10.0. The van der Waals surface area contributed by atoms with Crippen LogP contribution >= 0.6 is 0 Å². The van der Waals surface area contributed by atoms with Gasteiger partial charge in [0.2, 0.25) is 0 Å². The molecule has 0 fully saturated rings. The van der Waals surface area contributed by atoms with Gasteiger partial charge < -0.3 is 4.74 Å². The SMILES string of the molecule is C=CCOc1ccc2ncccc2c1. The summed E-state index contributed by atoms with van der Waals surface area (Å²) in [5.41, 5.74) is 0.985. The van der Waals surface area contributed by atoms with Gasteiger partial charge in [0.25, 0.3) is 0 Å². The van der Waals surface area contributed by atoms with Crippen LogP contribution in [0, 0.1) is 0 Å². The van der Waals surface area contributed by atoms with Crippen molar-refractivity contribution in [1.29, 1.82) is 0 Å². The van der Waals surface area contributed by atoms with E-state index in [1.807, 2.05) is 30.3 Å². The van der Waals surface area contributed by atoms with Crippen LogP contribution in [0.1, 0.15) is 0 Å². The van der Waals surface area contributed by atoms with E-state index in [0.29, 0.717) is 6.61 Å². The average Bonchev–Trinajstić information content (AvgIpc) is 2.26. The van der Waals surface area contributed by atoms with Crippen LogP contribution in [-0.2, 0) is 0 Å². The van der Waals surface area contributed by atoms with E-state index < -0.39 is 0 Å². The van der Waals surface area contributed by atoms with Gasteiger partial charge in [-0.05, 0) is 24.3 Å². The van der Waals surface area contributed by atoms with Crippen molar-refractivity contribution in [2.75, 3.05) is 6.61 Å². The molecule has 0 atom stereocenters. The molecule has 70 valence electrons. The summed E-state index contributed by atoms with van der Waals surface area (Å²) < 4.78 is 5.42. The molecule has 0 unspecified atom stereocenters. The summed E-state index contributed by atoms with van der Waals surface area (Å²) in [6, 6.07) is 9.78. The van der Waals surface area contributed by atoms with Crippen LogP contribution in [0.5, 0.6) is 5.75 Å². The van der Waals surface area contributed by atoms with E-state index >= 15 is 0 Å². The van der Waals surface area contributed by atoms with E-state index in [1.165, 1.54) is 0 Å². The lowest BCUT2D eigenvalue weighted by Gasteiger charge is -2.03. The zero-order valence-corrected chi connectivity index (χ0v) is 7.81. The predicted octanol–water partition coefficient (Wildman–Crippen LogP) is 2.80. The van der Waals surface area contributed by atoms with Crippen molar-refractivity contribution in [2.24, 2.45) is 0 Å². The molecule has 0 spiro atoms. The topological polar surface area (TPSA) is 22.1 Å². The summed E-state index contributed by atoms with van der Waals surface area (Å²) in [6.45, 7) is 4.13. The maximum atomic E-state index is 5.42. The monoisotopic (exact) mass is 185 g/mol. The lowest BCUT2D eigenvalue weighted by molar-refractivity contribution is 0.364. The molecule has 2 heteroatoms. The predicted molar refractivity (Wildman–Crippen MR) is 57.4 cm³/mol. The average molecular weight is 185 g/mol. The summed E-state index contributed by atoms with van der Waals surface area (Å²) in [5, 5.41) is 1.09. The van der Waals surface area contributed by atoms with Gasteiger partial charge in [-0.1, -0.05) is 18.7 Å². The molecule has 0 N–H and O–H groups in total. The Bertz CT molecular complexity index is 451. The van der Waals surface area contributed by atoms with E-state index in [9.17, 15) is 0 Å². The quantitative estimate of drug-likeness (QED) is 0.686. The third kappa shape index (κ3) is 1.74. The third-order valence-corrected chi connectivity index (χ3v) is 1.94. The molecule has 1 aromatic carbocycles. The van der Waals surface area contributed by atoms with Crippen LogP contribution in [0.4, 0.5) is 0 Å². The molecule has 0 aliphatic heterocycles. The highest BCUT2D eigenvalue weighted by molar-refractivity contribution is 5.79. The number of hydrogen-bond acceptors (Lipinski definition) is 2. The molecule has 0 saturated heterocycles. The van der Waals surface area contributed by atoms with Crippen molar-refractivity contribution in [3.05, 3.63) is 49.2 Å². The Morgan fingerprint density at radius 2 is 2.29 bits per heavy atom. The standard InChI is InChI=1S/C12H11NO/c1-2-8-14-11-5-6-12-10(9-11)4-3-7-13-12/h2-7,9H,1,8H2. The zero-order valence-electron chi connectivity index (χ0n) is 7.81. The van der Waals surface area contributed by atoms with Crippen molar-refractivity contribution in [2.45, 2.75) is 0 Å². The highest BCUT2D eigenvalue weighted by atomic mass is 16.5. The van der Waals surface area contributed by atoms with Gasteiger partial charge in [0.15, 0.2) is 0 Å². The minimum Gasteiger partial charge on any atom is -0.490 e. The Balaban J connectivity index is 2.36. The van der Waals surface area contributed by atoms with E-state index in [1.54, 1.807) is 12.3 Å². The molecule has 0 saturated carbocycles. The lowest BCUT2D eigenvalue weighted by Crippen LogP contribution is -1.92. The highest BCUT2D eigenvalue weighted by Crippen LogP contribution is 2.18. The number of pyridine rings is 1. The molecular formula is C12H11NO. The molecule has 0 aliphatic carbocycles. The number of fused-ring (bicyclic) bond motifs is 1. The van der Waals surface area contributed by atoms with Crippen LogP contribution in [0.2, 0.25) is 0 Å². The number of aromatic nitrogens is 1. The Labute approximate surface area is 82.9 Å². The highest BCUT2D eigenvalue weighted by Gasteiger charge is 1.95. The summed E-state index contributed by atoms with van der Waals surface area (Å²) in [7, 11) is 0. The van der Waals surface area contributed by atoms with Crippen molar-refractivity contribution in [3.63, 3.8) is 0 Å². The van der Waals surface area contributed by atoms with Crippen LogP contribution in [0.15, 0.2) is 49.2 Å². The van der Waals surface area contributed by atoms with Gasteiger partial charge in [0.1, 0.15) is 12.4 Å². The second-order valence-corrected chi connectivity index (χ2v) is 2.96. The van der Waals surface area contributed by atoms with Gasteiger partial charge >= 0.3 is 0 Å². The minimum absolute atomic E-state index is 0.534. The van der Waals surface area contributed by atoms with E-state index in [4.69, 9.17) is 4.74 Å². The van der Waals surface area contributed by atoms with Gasteiger partial charge in [0.05, 0.1) is 5.52 Å². The van der Waals surface area contributed by atoms with Crippen LogP contribution < -0.4 is 4.74 Å². The number of rotatable bonds is 3. The fourth-order valence-electron chi connectivity index (χ4n) is 1.30. The second-order valence-electron chi connectivity index (χ2n) is 2.96. The van der Waals surface area contributed by atoms with Crippen molar-refractivity contribution in [1.82, 2.24) is 4.98 Å². The van der Waals surface area contributed by atoms with Crippen molar-refractivity contribution >= 4 is 10.9 Å². The number of ether oxygens (including phenoxy) is 1. The molecule has 0 radical (unpaired) electrons. The van der Waals surface area contributed by atoms with Crippen LogP contribution in [0.25, 0.3) is 10.9 Å². The molecule has 2 rings (SSSR count). The molecular weight excluding hydrogens is 174 g/mol. The smallest absolute Gasteiger partial charge is 0.120 e. The first-order valence-electron chi connectivity index (χ1n) is 4.48. The molecule has 2 aromatic rings. The van der Waals surface area contributed by atoms with Crippen LogP contribution in [0.3, 0.4) is 0 Å². The molecule has 0 amide bonds. The van der Waals surface area contributed by atoms with E-state index in [-0.39, 0.29) is 0 Å². The molecule has 14 heavy (non-hydrogen) atoms. The van der Waals surface area contributed by atoms with Crippen molar-refractivity contribution in [3.8, 4) is 5.75 Å². The Morgan fingerprint density at radius 1 is 1.36 bits per heavy atom. The second kappa shape index (κ2) is 3.92. The van der Waals surface area contributed by atoms with Gasteiger partial charge in [0, 0.05) is 11.6 Å². The maximum absolute atomic E-state index is 5.42. The Kier molecular flexibility index (Phi) is 2.45. The van der Waals surface area contributed by atoms with Gasteiger partial charge in [-0.3, -0.25) is 4.98 Å². The van der Waals surface area contributed by atoms with Gasteiger partial charge in [-0.25, -0.2) is 0 Å². The maximum Gasteiger partial charge on any atom is 0.120 e. The largest absolute Gasteiger partial charge is 0.490 e. The van der Waals surface area contributed by atoms with Crippen molar-refractivity contribution < 1.29 is 4.74 Å². The minimum atomic E-state index is 0.534. The Morgan fingerprint density at radius 3 is 3.14 bits per heavy atom. The first-order chi connectivity index (χ1) is 6.90. The van der Waals surface area contributed by atoms with Crippen LogP contribution in [-0.4, -0.2) is 11.6 Å².